The fourth-order valence-corrected chi connectivity index (χ4v) is 3.11. The molecule has 9 heteroatoms. The summed E-state index contributed by atoms with van der Waals surface area (Å²) in [6, 6.07) is 16.2. The van der Waals surface area contributed by atoms with Crippen molar-refractivity contribution < 1.29 is 37.1 Å². The van der Waals surface area contributed by atoms with Crippen LogP contribution in [0.5, 0.6) is 17.2 Å². The van der Waals surface area contributed by atoms with E-state index in [4.69, 9.17) is 14.0 Å². The van der Waals surface area contributed by atoms with E-state index in [1.54, 1.807) is 42.5 Å². The van der Waals surface area contributed by atoms with Gasteiger partial charge in [-0.1, -0.05) is 23.4 Å². The first-order valence-electron chi connectivity index (χ1n) is 9.80. The fourth-order valence-electron chi connectivity index (χ4n) is 3.11. The van der Waals surface area contributed by atoms with Crippen LogP contribution in [-0.4, -0.2) is 21.8 Å². The highest BCUT2D eigenvalue weighted by Gasteiger charge is 2.31. The number of nitrogens with zero attached hydrogens (tertiary/aromatic N) is 1. The Balaban J connectivity index is 1.59. The van der Waals surface area contributed by atoms with Gasteiger partial charge in [0.1, 0.15) is 22.9 Å². The van der Waals surface area contributed by atoms with Gasteiger partial charge in [-0.25, -0.2) is 4.79 Å². The van der Waals surface area contributed by atoms with Crippen LogP contribution in [0.25, 0.3) is 22.2 Å². The highest BCUT2D eigenvalue weighted by molar-refractivity contribution is 5.92. The number of carboxylic acids is 1. The number of fused-ring (bicyclic) bond motifs is 1. The van der Waals surface area contributed by atoms with Gasteiger partial charge in [-0.2, -0.15) is 13.2 Å². The molecule has 1 N–H and O–H groups in total. The van der Waals surface area contributed by atoms with Crippen molar-refractivity contribution in [3.05, 3.63) is 72.3 Å². The van der Waals surface area contributed by atoms with E-state index in [-0.39, 0.29) is 11.3 Å². The van der Waals surface area contributed by atoms with Crippen molar-refractivity contribution in [1.82, 2.24) is 5.16 Å². The normalized spacial score (nSPS) is 12.0. The Kier molecular flexibility index (Phi) is 5.49. The molecule has 0 saturated carbocycles. The van der Waals surface area contributed by atoms with Crippen molar-refractivity contribution in [2.24, 2.45) is 0 Å². The molecule has 0 radical (unpaired) electrons. The maximum atomic E-state index is 13.0. The average Bonchev–Trinajstić information content (AvgIpc) is 3.16. The molecule has 170 valence electrons. The first-order chi connectivity index (χ1) is 15.5. The second-order valence-corrected chi connectivity index (χ2v) is 7.76. The Morgan fingerprint density at radius 3 is 2.36 bits per heavy atom. The number of aliphatic carboxylic acids is 1. The largest absolute Gasteiger partial charge is 0.478 e. The fraction of sp³-hybridized carbons (Fsp3) is 0.167. The van der Waals surface area contributed by atoms with Gasteiger partial charge in [0, 0.05) is 23.1 Å². The molecule has 0 amide bonds. The summed E-state index contributed by atoms with van der Waals surface area (Å²) in [4.78, 5) is 11.3. The minimum Gasteiger partial charge on any atom is -0.478 e. The summed E-state index contributed by atoms with van der Waals surface area (Å²) < 4.78 is 55.8. The number of alkyl halides is 3. The number of hydrogen-bond donors (Lipinski definition) is 1. The molecular weight excluding hydrogens is 439 g/mol. The standard InChI is InChI=1S/C24H18F3NO5/c1-23(2,22(29)30)32-18-8-4-7-16(12-18)31-17-9-10-19-20(13-17)33-28-21(19)14-5-3-6-15(11-14)24(25,26)27/h3-13H,1-2H3,(H,29,30). The molecule has 0 aliphatic heterocycles. The van der Waals surface area contributed by atoms with Crippen LogP contribution < -0.4 is 9.47 Å². The number of ether oxygens (including phenoxy) is 2. The lowest BCUT2D eigenvalue weighted by molar-refractivity contribution is -0.152. The molecule has 6 nitrogen and oxygen atoms in total. The lowest BCUT2D eigenvalue weighted by atomic mass is 10.0. The smallest absolute Gasteiger partial charge is 0.416 e. The summed E-state index contributed by atoms with van der Waals surface area (Å²) in [5.74, 6) is -0.0109. The number of carbonyl (C=O) groups is 1. The molecule has 4 rings (SSSR count). The molecule has 0 atom stereocenters. The van der Waals surface area contributed by atoms with Gasteiger partial charge in [-0.3, -0.25) is 0 Å². The molecule has 0 spiro atoms. The van der Waals surface area contributed by atoms with Gasteiger partial charge >= 0.3 is 12.1 Å². The van der Waals surface area contributed by atoms with Gasteiger partial charge in [0.05, 0.1) is 5.56 Å². The second kappa shape index (κ2) is 8.16. The van der Waals surface area contributed by atoms with Crippen molar-refractivity contribution in [3.63, 3.8) is 0 Å². The van der Waals surface area contributed by atoms with Gasteiger partial charge in [0.25, 0.3) is 0 Å². The molecule has 0 unspecified atom stereocenters. The number of hydrogen-bond acceptors (Lipinski definition) is 5. The first-order valence-corrected chi connectivity index (χ1v) is 9.80. The Morgan fingerprint density at radius 2 is 1.64 bits per heavy atom. The third-order valence-corrected chi connectivity index (χ3v) is 4.84. The molecule has 0 fully saturated rings. The quantitative estimate of drug-likeness (QED) is 0.354. The van der Waals surface area contributed by atoms with Crippen LogP contribution in [0.4, 0.5) is 13.2 Å². The highest BCUT2D eigenvalue weighted by atomic mass is 19.4. The van der Waals surface area contributed by atoms with Crippen LogP contribution in [0.2, 0.25) is 0 Å². The summed E-state index contributed by atoms with van der Waals surface area (Å²) in [5.41, 5.74) is -1.29. The van der Waals surface area contributed by atoms with Crippen molar-refractivity contribution >= 4 is 16.9 Å². The van der Waals surface area contributed by atoms with E-state index in [9.17, 15) is 23.1 Å². The SMILES string of the molecule is CC(C)(Oc1cccc(Oc2ccc3c(-c4cccc(C(F)(F)F)c4)noc3c2)c1)C(=O)O. The van der Waals surface area contributed by atoms with Crippen LogP contribution in [-0.2, 0) is 11.0 Å². The van der Waals surface area contributed by atoms with E-state index in [1.807, 2.05) is 0 Å². The highest BCUT2D eigenvalue weighted by Crippen LogP contribution is 2.36. The molecular formula is C24H18F3NO5. The summed E-state index contributed by atoms with van der Waals surface area (Å²) >= 11 is 0. The van der Waals surface area contributed by atoms with Gasteiger partial charge < -0.3 is 19.1 Å². The molecule has 1 heterocycles. The minimum atomic E-state index is -4.46. The first kappa shape index (κ1) is 22.2. The van der Waals surface area contributed by atoms with Crippen molar-refractivity contribution in [2.75, 3.05) is 0 Å². The van der Waals surface area contributed by atoms with Crippen LogP contribution in [0.3, 0.4) is 0 Å². The molecule has 33 heavy (non-hydrogen) atoms. The van der Waals surface area contributed by atoms with Gasteiger partial charge in [0.2, 0.25) is 0 Å². The number of rotatable bonds is 6. The Morgan fingerprint density at radius 1 is 0.939 bits per heavy atom. The second-order valence-electron chi connectivity index (χ2n) is 7.76. The minimum absolute atomic E-state index is 0.281. The van der Waals surface area contributed by atoms with Gasteiger partial charge in [0.15, 0.2) is 11.2 Å². The number of halogens is 3. The van der Waals surface area contributed by atoms with Gasteiger partial charge in [-0.15, -0.1) is 0 Å². The van der Waals surface area contributed by atoms with Crippen LogP contribution in [0.1, 0.15) is 19.4 Å². The van der Waals surface area contributed by atoms with E-state index in [0.717, 1.165) is 12.1 Å². The van der Waals surface area contributed by atoms with Gasteiger partial charge in [-0.05, 0) is 50.2 Å². The lowest BCUT2D eigenvalue weighted by Crippen LogP contribution is -2.37. The summed E-state index contributed by atoms with van der Waals surface area (Å²) in [5, 5.41) is 13.7. The zero-order valence-corrected chi connectivity index (χ0v) is 17.5. The molecule has 0 aliphatic rings. The lowest BCUT2D eigenvalue weighted by Gasteiger charge is -2.21. The summed E-state index contributed by atoms with van der Waals surface area (Å²) in [7, 11) is 0. The molecule has 0 aliphatic carbocycles. The van der Waals surface area contributed by atoms with Crippen LogP contribution in [0, 0.1) is 0 Å². The van der Waals surface area contributed by atoms with E-state index in [0.29, 0.717) is 28.2 Å². The molecule has 1 aromatic heterocycles. The van der Waals surface area contributed by atoms with Crippen LogP contribution >= 0.6 is 0 Å². The zero-order valence-electron chi connectivity index (χ0n) is 17.5. The van der Waals surface area contributed by atoms with E-state index in [1.165, 1.54) is 26.0 Å². The van der Waals surface area contributed by atoms with Crippen molar-refractivity contribution in [1.29, 1.82) is 0 Å². The number of benzene rings is 3. The average molecular weight is 457 g/mol. The zero-order chi connectivity index (χ0) is 23.8. The Hall–Kier alpha value is -4.01. The van der Waals surface area contributed by atoms with E-state index < -0.39 is 23.3 Å². The van der Waals surface area contributed by atoms with Crippen molar-refractivity contribution in [3.8, 4) is 28.5 Å². The van der Waals surface area contributed by atoms with E-state index >= 15 is 0 Å². The maximum Gasteiger partial charge on any atom is 0.416 e. The monoisotopic (exact) mass is 457 g/mol. The predicted molar refractivity (Wildman–Crippen MR) is 113 cm³/mol. The summed E-state index contributed by atoms with van der Waals surface area (Å²) in [6.45, 7) is 2.87. The summed E-state index contributed by atoms with van der Waals surface area (Å²) in [6.07, 6.45) is -4.46. The van der Waals surface area contributed by atoms with Crippen LogP contribution in [0.15, 0.2) is 71.3 Å². The third-order valence-electron chi connectivity index (χ3n) is 4.84. The third kappa shape index (κ3) is 4.77. The Labute approximate surface area is 186 Å². The molecule has 0 bridgehead atoms. The number of carboxylic acid groups (broad SMARTS) is 1. The molecule has 3 aromatic carbocycles. The Bertz CT molecular complexity index is 1330. The predicted octanol–water partition coefficient (Wildman–Crippen LogP) is 6.55. The molecule has 4 aromatic rings. The van der Waals surface area contributed by atoms with Crippen molar-refractivity contribution in [2.45, 2.75) is 25.6 Å². The number of aromatic nitrogens is 1. The van der Waals surface area contributed by atoms with E-state index in [2.05, 4.69) is 5.16 Å². The topological polar surface area (TPSA) is 81.8 Å². The molecule has 0 saturated heterocycles. The maximum absolute atomic E-state index is 13.0.